The average Bonchev–Trinajstić information content (AvgIpc) is 2.20. The molecule has 0 atom stereocenters. The summed E-state index contributed by atoms with van der Waals surface area (Å²) in [4.78, 5) is 7.78. The maximum absolute atomic E-state index is 5.61. The fraction of sp³-hybridized carbons (Fsp3) is 0. The van der Waals surface area contributed by atoms with Gasteiger partial charge in [-0.1, -0.05) is 0 Å². The van der Waals surface area contributed by atoms with Gasteiger partial charge < -0.3 is 5.73 Å². The van der Waals surface area contributed by atoms with E-state index >= 15 is 0 Å². The summed E-state index contributed by atoms with van der Waals surface area (Å²) >= 11 is 0. The summed E-state index contributed by atoms with van der Waals surface area (Å²) < 4.78 is 0. The lowest BCUT2D eigenvalue weighted by Crippen LogP contribution is -1.98. The van der Waals surface area contributed by atoms with Crippen LogP contribution < -0.4 is 5.73 Å². The Morgan fingerprint density at radius 1 is 1.31 bits per heavy atom. The zero-order valence-electron chi connectivity index (χ0n) is 6.75. The maximum atomic E-state index is 5.61. The molecule has 0 saturated carbocycles. The Balaban J connectivity index is 2.54. The van der Waals surface area contributed by atoms with Gasteiger partial charge in [-0.25, -0.2) is 4.98 Å². The first-order valence-corrected chi connectivity index (χ1v) is 3.71. The second kappa shape index (κ2) is 3.14. The lowest BCUT2D eigenvalue weighted by Gasteiger charge is -1.99. The van der Waals surface area contributed by atoms with Crippen molar-refractivity contribution in [3.8, 4) is 11.3 Å². The van der Waals surface area contributed by atoms with Crippen molar-refractivity contribution in [1.82, 2.24) is 20.2 Å². The third-order valence-corrected chi connectivity index (χ3v) is 1.58. The molecule has 5 nitrogen and oxygen atoms in total. The number of anilines is 1. The lowest BCUT2D eigenvalue weighted by molar-refractivity contribution is 0.982. The number of aromatic nitrogens is 4. The van der Waals surface area contributed by atoms with Gasteiger partial charge in [0, 0.05) is 18.0 Å². The van der Waals surface area contributed by atoms with Crippen molar-refractivity contribution in [2.24, 2.45) is 0 Å². The molecule has 5 heteroatoms. The van der Waals surface area contributed by atoms with Crippen LogP contribution in [0.2, 0.25) is 0 Å². The summed E-state index contributed by atoms with van der Waals surface area (Å²) in [5, 5.41) is 7.52. The van der Waals surface area contributed by atoms with Crippen molar-refractivity contribution in [2.75, 3.05) is 5.73 Å². The van der Waals surface area contributed by atoms with Gasteiger partial charge in [0.15, 0.2) is 5.82 Å². The van der Waals surface area contributed by atoms with Crippen molar-refractivity contribution >= 4 is 5.82 Å². The SMILES string of the molecule is Nc1ncnnc1-c1cccnc1. The van der Waals surface area contributed by atoms with Gasteiger partial charge in [0.2, 0.25) is 0 Å². The fourth-order valence-corrected chi connectivity index (χ4v) is 0.992. The Kier molecular flexibility index (Phi) is 1.84. The van der Waals surface area contributed by atoms with Gasteiger partial charge in [0.25, 0.3) is 0 Å². The van der Waals surface area contributed by atoms with Crippen LogP contribution in [-0.2, 0) is 0 Å². The molecule has 2 rings (SSSR count). The molecule has 2 aromatic heterocycles. The van der Waals surface area contributed by atoms with Crippen LogP contribution in [0.1, 0.15) is 0 Å². The molecule has 0 radical (unpaired) electrons. The van der Waals surface area contributed by atoms with Crippen LogP contribution in [-0.4, -0.2) is 20.2 Å². The average molecular weight is 173 g/mol. The van der Waals surface area contributed by atoms with E-state index in [2.05, 4.69) is 20.2 Å². The summed E-state index contributed by atoms with van der Waals surface area (Å²) in [6.45, 7) is 0. The molecule has 0 aliphatic carbocycles. The molecule has 2 aromatic rings. The zero-order chi connectivity index (χ0) is 9.10. The molecule has 0 amide bonds. The quantitative estimate of drug-likeness (QED) is 0.680. The highest BCUT2D eigenvalue weighted by atomic mass is 15.2. The first-order valence-electron chi connectivity index (χ1n) is 3.71. The maximum Gasteiger partial charge on any atom is 0.153 e. The highest BCUT2D eigenvalue weighted by Gasteiger charge is 2.03. The van der Waals surface area contributed by atoms with Gasteiger partial charge in [-0.2, -0.15) is 0 Å². The fourth-order valence-electron chi connectivity index (χ4n) is 0.992. The number of nitrogens with zero attached hydrogens (tertiary/aromatic N) is 4. The Morgan fingerprint density at radius 2 is 2.23 bits per heavy atom. The first-order chi connectivity index (χ1) is 6.38. The Labute approximate surface area is 74.7 Å². The number of nitrogens with two attached hydrogens (primary N) is 1. The van der Waals surface area contributed by atoms with Crippen LogP contribution in [0.25, 0.3) is 11.3 Å². The van der Waals surface area contributed by atoms with Crippen LogP contribution in [0, 0.1) is 0 Å². The smallest absolute Gasteiger partial charge is 0.153 e. The highest BCUT2D eigenvalue weighted by molar-refractivity contribution is 5.67. The standard InChI is InChI=1S/C8H7N5/c9-8-7(13-12-5-11-8)6-2-1-3-10-4-6/h1-5H,(H2,9,11,12). The van der Waals surface area contributed by atoms with Crippen molar-refractivity contribution in [3.05, 3.63) is 30.9 Å². The van der Waals surface area contributed by atoms with Crippen molar-refractivity contribution in [3.63, 3.8) is 0 Å². The molecule has 0 unspecified atom stereocenters. The second-order valence-electron chi connectivity index (χ2n) is 2.44. The van der Waals surface area contributed by atoms with E-state index in [1.54, 1.807) is 12.4 Å². The topological polar surface area (TPSA) is 77.6 Å². The van der Waals surface area contributed by atoms with Crippen molar-refractivity contribution < 1.29 is 0 Å². The molecule has 0 aromatic carbocycles. The Morgan fingerprint density at radius 3 is 2.92 bits per heavy atom. The van der Waals surface area contributed by atoms with E-state index in [-0.39, 0.29) is 0 Å². The van der Waals surface area contributed by atoms with Crippen LogP contribution in [0.15, 0.2) is 30.9 Å². The summed E-state index contributed by atoms with van der Waals surface area (Å²) in [5.41, 5.74) is 7.00. The van der Waals surface area contributed by atoms with Gasteiger partial charge in [0.05, 0.1) is 0 Å². The highest BCUT2D eigenvalue weighted by Crippen LogP contribution is 2.18. The summed E-state index contributed by atoms with van der Waals surface area (Å²) in [7, 11) is 0. The van der Waals surface area contributed by atoms with Gasteiger partial charge in [-0.05, 0) is 12.1 Å². The van der Waals surface area contributed by atoms with Crippen LogP contribution in [0.3, 0.4) is 0 Å². The summed E-state index contributed by atoms with van der Waals surface area (Å²) in [6.07, 6.45) is 4.67. The molecule has 0 saturated heterocycles. The predicted octanol–water partition coefficient (Wildman–Crippen LogP) is 0.516. The minimum atomic E-state index is 0.364. The van der Waals surface area contributed by atoms with E-state index in [9.17, 15) is 0 Å². The van der Waals surface area contributed by atoms with Crippen LogP contribution >= 0.6 is 0 Å². The van der Waals surface area contributed by atoms with E-state index in [0.29, 0.717) is 11.5 Å². The Hall–Kier alpha value is -2.04. The van der Waals surface area contributed by atoms with Gasteiger partial charge in [-0.3, -0.25) is 4.98 Å². The molecule has 0 spiro atoms. The van der Waals surface area contributed by atoms with E-state index in [0.717, 1.165) is 5.56 Å². The van der Waals surface area contributed by atoms with Gasteiger partial charge in [0.1, 0.15) is 12.0 Å². The lowest BCUT2D eigenvalue weighted by atomic mass is 10.2. The van der Waals surface area contributed by atoms with Crippen molar-refractivity contribution in [2.45, 2.75) is 0 Å². The van der Waals surface area contributed by atoms with Gasteiger partial charge >= 0.3 is 0 Å². The molecule has 2 N–H and O–H groups in total. The molecule has 0 aliphatic heterocycles. The number of nitrogen functional groups attached to an aromatic ring is 1. The molecule has 0 fully saturated rings. The van der Waals surface area contributed by atoms with Crippen molar-refractivity contribution in [1.29, 1.82) is 0 Å². The third kappa shape index (κ3) is 1.44. The number of hydrogen-bond donors (Lipinski definition) is 1. The molecule has 13 heavy (non-hydrogen) atoms. The van der Waals surface area contributed by atoms with Crippen LogP contribution in [0.4, 0.5) is 5.82 Å². The second-order valence-corrected chi connectivity index (χ2v) is 2.44. The summed E-state index contributed by atoms with van der Waals surface area (Å²) in [6, 6.07) is 3.67. The third-order valence-electron chi connectivity index (χ3n) is 1.58. The summed E-state index contributed by atoms with van der Waals surface area (Å²) in [5.74, 6) is 0.364. The normalized spacial score (nSPS) is 9.85. The molecular formula is C8H7N5. The predicted molar refractivity (Wildman–Crippen MR) is 47.5 cm³/mol. The van der Waals surface area contributed by atoms with Gasteiger partial charge in [-0.15, -0.1) is 10.2 Å². The molecule has 2 heterocycles. The first kappa shape index (κ1) is 7.60. The monoisotopic (exact) mass is 173 g/mol. The van der Waals surface area contributed by atoms with E-state index in [1.807, 2.05) is 12.1 Å². The molecule has 0 aliphatic rings. The molecular weight excluding hydrogens is 166 g/mol. The minimum absolute atomic E-state index is 0.364. The largest absolute Gasteiger partial charge is 0.382 e. The number of hydrogen-bond acceptors (Lipinski definition) is 5. The van der Waals surface area contributed by atoms with E-state index in [1.165, 1.54) is 6.33 Å². The number of pyridine rings is 1. The van der Waals surface area contributed by atoms with Crippen LogP contribution in [0.5, 0.6) is 0 Å². The minimum Gasteiger partial charge on any atom is -0.382 e. The molecule has 64 valence electrons. The molecule has 0 bridgehead atoms. The van der Waals surface area contributed by atoms with E-state index < -0.39 is 0 Å². The van der Waals surface area contributed by atoms with E-state index in [4.69, 9.17) is 5.73 Å². The number of rotatable bonds is 1. The zero-order valence-corrected chi connectivity index (χ0v) is 6.75. The Bertz CT molecular complexity index is 400.